The fourth-order valence-electron chi connectivity index (χ4n) is 4.04. The van der Waals surface area contributed by atoms with E-state index in [4.69, 9.17) is 32.7 Å². The van der Waals surface area contributed by atoms with Crippen LogP contribution in [0.1, 0.15) is 33.1 Å². The van der Waals surface area contributed by atoms with Gasteiger partial charge >= 0.3 is 0 Å². The molecule has 0 radical (unpaired) electrons. The van der Waals surface area contributed by atoms with Crippen molar-refractivity contribution < 1.29 is 18.7 Å². The Labute approximate surface area is 190 Å². The molecule has 3 aromatic carbocycles. The zero-order chi connectivity index (χ0) is 22.1. The van der Waals surface area contributed by atoms with E-state index in [1.54, 1.807) is 54.5 Å². The lowest BCUT2D eigenvalue weighted by Gasteiger charge is -2.38. The summed E-state index contributed by atoms with van der Waals surface area (Å²) in [6.45, 7) is 0.378. The van der Waals surface area contributed by atoms with E-state index in [-0.39, 0.29) is 16.5 Å². The summed E-state index contributed by atoms with van der Waals surface area (Å²) in [5, 5.41) is 0.701. The van der Waals surface area contributed by atoms with Gasteiger partial charge in [-0.3, -0.25) is 4.79 Å². The van der Waals surface area contributed by atoms with E-state index in [0.29, 0.717) is 35.1 Å². The maximum atomic E-state index is 15.1. The Morgan fingerprint density at radius 2 is 1.74 bits per heavy atom. The molecule has 0 spiro atoms. The summed E-state index contributed by atoms with van der Waals surface area (Å²) in [5.41, 5.74) is 2.35. The van der Waals surface area contributed by atoms with Gasteiger partial charge in [0, 0.05) is 27.7 Å². The molecule has 31 heavy (non-hydrogen) atoms. The Kier molecular flexibility index (Phi) is 6.08. The number of carbonyl (C=O) groups excluding carboxylic acids is 1. The lowest BCUT2D eigenvalue weighted by Crippen LogP contribution is -2.41. The predicted octanol–water partition coefficient (Wildman–Crippen LogP) is 5.94. The molecular weight excluding hydrogens is 440 g/mol. The van der Waals surface area contributed by atoms with E-state index in [9.17, 15) is 4.79 Å². The van der Waals surface area contributed by atoms with Gasteiger partial charge in [0.1, 0.15) is 5.82 Å². The zero-order valence-electron chi connectivity index (χ0n) is 17.0. The van der Waals surface area contributed by atoms with Crippen LogP contribution in [0.25, 0.3) is 0 Å². The average Bonchev–Trinajstić information content (AvgIpc) is 2.77. The van der Waals surface area contributed by atoms with Crippen molar-refractivity contribution in [2.45, 2.75) is 12.5 Å². The molecule has 1 amide bonds. The summed E-state index contributed by atoms with van der Waals surface area (Å²) in [6.07, 6.45) is 0.574. The summed E-state index contributed by atoms with van der Waals surface area (Å²) in [5.74, 6) is 0.335. The van der Waals surface area contributed by atoms with Crippen molar-refractivity contribution >= 4 is 29.1 Å². The van der Waals surface area contributed by atoms with Crippen LogP contribution in [0.15, 0.2) is 54.6 Å². The smallest absolute Gasteiger partial charge is 0.254 e. The van der Waals surface area contributed by atoms with Crippen molar-refractivity contribution in [2.75, 3.05) is 20.8 Å². The number of fused-ring (bicyclic) bond motifs is 1. The monoisotopic (exact) mass is 459 g/mol. The van der Waals surface area contributed by atoms with Crippen LogP contribution in [-0.4, -0.2) is 31.6 Å². The maximum Gasteiger partial charge on any atom is 0.254 e. The molecule has 0 bridgehead atoms. The SMILES string of the molecule is COc1cc2c(cc1OC)[C@@H](c1c(F)cccc1Cl)N(C(=O)c1cccc(Cl)c1)CC2. The molecule has 1 atom stereocenters. The van der Waals surface area contributed by atoms with Crippen LogP contribution in [0.4, 0.5) is 4.39 Å². The molecule has 1 aliphatic rings. The van der Waals surface area contributed by atoms with E-state index in [1.165, 1.54) is 13.2 Å². The fraction of sp³-hybridized carbons (Fsp3) is 0.208. The second kappa shape index (κ2) is 8.77. The molecule has 7 heteroatoms. The Bertz CT molecular complexity index is 1130. The van der Waals surface area contributed by atoms with Gasteiger partial charge in [-0.15, -0.1) is 0 Å². The molecule has 4 nitrogen and oxygen atoms in total. The third kappa shape index (κ3) is 3.95. The van der Waals surface area contributed by atoms with E-state index in [2.05, 4.69) is 0 Å². The molecule has 160 valence electrons. The van der Waals surface area contributed by atoms with Crippen LogP contribution in [0, 0.1) is 5.82 Å². The van der Waals surface area contributed by atoms with Crippen molar-refractivity contribution in [3.63, 3.8) is 0 Å². The molecule has 3 aromatic rings. The Morgan fingerprint density at radius 3 is 2.42 bits per heavy atom. The van der Waals surface area contributed by atoms with Gasteiger partial charge in [0.2, 0.25) is 0 Å². The molecule has 0 unspecified atom stereocenters. The van der Waals surface area contributed by atoms with Crippen LogP contribution in [0.3, 0.4) is 0 Å². The normalized spacial score (nSPS) is 15.4. The molecule has 0 saturated heterocycles. The Hall–Kier alpha value is -2.76. The molecular formula is C24H20Cl2FNO3. The second-order valence-electron chi connectivity index (χ2n) is 7.20. The van der Waals surface area contributed by atoms with E-state index >= 15 is 4.39 Å². The first-order chi connectivity index (χ1) is 14.9. The minimum absolute atomic E-state index is 0.243. The first kappa shape index (κ1) is 21.5. The number of carbonyl (C=O) groups is 1. The number of benzene rings is 3. The third-order valence-electron chi connectivity index (χ3n) is 5.48. The standard InChI is InChI=1S/C24H20Cl2FNO3/c1-30-20-12-14-9-10-28(24(29)15-5-3-6-16(25)11-15)23(17(14)13-21(20)31-2)22-18(26)7-4-8-19(22)27/h3-8,11-13,23H,9-10H2,1-2H3/t23-/m0/s1. The first-order valence-corrected chi connectivity index (χ1v) is 10.5. The van der Waals surface area contributed by atoms with Gasteiger partial charge < -0.3 is 14.4 Å². The van der Waals surface area contributed by atoms with Crippen LogP contribution >= 0.6 is 23.2 Å². The highest BCUT2D eigenvalue weighted by Crippen LogP contribution is 2.44. The molecule has 4 rings (SSSR count). The number of hydrogen-bond donors (Lipinski definition) is 0. The lowest BCUT2D eigenvalue weighted by atomic mass is 9.87. The van der Waals surface area contributed by atoms with Crippen molar-refractivity contribution in [3.8, 4) is 11.5 Å². The van der Waals surface area contributed by atoms with E-state index in [0.717, 1.165) is 11.1 Å². The summed E-state index contributed by atoms with van der Waals surface area (Å²) in [4.78, 5) is 15.1. The first-order valence-electron chi connectivity index (χ1n) is 9.69. The van der Waals surface area contributed by atoms with Gasteiger partial charge in [-0.1, -0.05) is 35.3 Å². The number of amides is 1. The number of ether oxygens (including phenoxy) is 2. The van der Waals surface area contributed by atoms with Crippen molar-refractivity contribution in [1.29, 1.82) is 0 Å². The number of nitrogens with zero attached hydrogens (tertiary/aromatic N) is 1. The van der Waals surface area contributed by atoms with E-state index in [1.807, 2.05) is 6.07 Å². The number of methoxy groups -OCH3 is 2. The quantitative estimate of drug-likeness (QED) is 0.484. The van der Waals surface area contributed by atoms with Crippen molar-refractivity contribution in [1.82, 2.24) is 4.90 Å². The minimum Gasteiger partial charge on any atom is -0.493 e. The number of rotatable bonds is 4. The van der Waals surface area contributed by atoms with Gasteiger partial charge in [-0.25, -0.2) is 4.39 Å². The van der Waals surface area contributed by atoms with Crippen LogP contribution in [0.2, 0.25) is 10.0 Å². The molecule has 1 aliphatic heterocycles. The van der Waals surface area contributed by atoms with Gasteiger partial charge in [0.25, 0.3) is 5.91 Å². The molecule has 0 saturated carbocycles. The third-order valence-corrected chi connectivity index (χ3v) is 6.04. The summed E-state index contributed by atoms with van der Waals surface area (Å²) in [7, 11) is 3.10. The zero-order valence-corrected chi connectivity index (χ0v) is 18.5. The van der Waals surface area contributed by atoms with Crippen molar-refractivity contribution in [3.05, 3.63) is 92.7 Å². The highest BCUT2D eigenvalue weighted by molar-refractivity contribution is 6.31. The Morgan fingerprint density at radius 1 is 1.03 bits per heavy atom. The van der Waals surface area contributed by atoms with Crippen molar-refractivity contribution in [2.24, 2.45) is 0 Å². The molecule has 0 fully saturated rings. The van der Waals surface area contributed by atoms with E-state index < -0.39 is 11.9 Å². The van der Waals surface area contributed by atoms with Crippen LogP contribution < -0.4 is 9.47 Å². The molecule has 1 heterocycles. The maximum absolute atomic E-state index is 15.1. The summed E-state index contributed by atoms with van der Waals surface area (Å²) in [6, 6.07) is 14.2. The van der Waals surface area contributed by atoms with Gasteiger partial charge in [0.05, 0.1) is 20.3 Å². The highest BCUT2D eigenvalue weighted by atomic mass is 35.5. The summed E-state index contributed by atoms with van der Waals surface area (Å²) >= 11 is 12.6. The van der Waals surface area contributed by atoms with Gasteiger partial charge in [-0.05, 0) is 60.0 Å². The minimum atomic E-state index is -0.733. The largest absolute Gasteiger partial charge is 0.493 e. The fourth-order valence-corrected chi connectivity index (χ4v) is 4.49. The molecule has 0 N–H and O–H groups in total. The molecule has 0 aromatic heterocycles. The van der Waals surface area contributed by atoms with Gasteiger partial charge in [-0.2, -0.15) is 0 Å². The average molecular weight is 460 g/mol. The topological polar surface area (TPSA) is 38.8 Å². The second-order valence-corrected chi connectivity index (χ2v) is 8.05. The number of halogens is 3. The lowest BCUT2D eigenvalue weighted by molar-refractivity contribution is 0.0691. The Balaban J connectivity index is 1.92. The van der Waals surface area contributed by atoms with Crippen LogP contribution in [0.5, 0.6) is 11.5 Å². The summed E-state index contributed by atoms with van der Waals surface area (Å²) < 4.78 is 26.0. The number of hydrogen-bond acceptors (Lipinski definition) is 3. The highest BCUT2D eigenvalue weighted by Gasteiger charge is 2.36. The predicted molar refractivity (Wildman–Crippen MR) is 119 cm³/mol. The van der Waals surface area contributed by atoms with Gasteiger partial charge in [0.15, 0.2) is 11.5 Å². The molecule has 0 aliphatic carbocycles. The van der Waals surface area contributed by atoms with Crippen LogP contribution in [-0.2, 0) is 6.42 Å².